The van der Waals surface area contributed by atoms with Crippen LogP contribution in [0.2, 0.25) is 0 Å². The van der Waals surface area contributed by atoms with E-state index < -0.39 is 0 Å². The van der Waals surface area contributed by atoms with E-state index in [-0.39, 0.29) is 0 Å². The predicted octanol–water partition coefficient (Wildman–Crippen LogP) is 1.96. The Bertz CT molecular complexity index is 335. The maximum atomic E-state index is 5.96. The van der Waals surface area contributed by atoms with Crippen LogP contribution >= 0.6 is 0 Å². The molecule has 0 saturated carbocycles. The molecule has 1 unspecified atom stereocenters. The second kappa shape index (κ2) is 3.48. The number of nitrogen functional groups attached to an aromatic ring is 1. The van der Waals surface area contributed by atoms with Crippen molar-refractivity contribution in [1.29, 1.82) is 0 Å². The summed E-state index contributed by atoms with van der Waals surface area (Å²) in [4.78, 5) is 6.71. The number of hydrogen-bond acceptors (Lipinski definition) is 3. The van der Waals surface area contributed by atoms with Crippen LogP contribution < -0.4 is 10.6 Å². The highest BCUT2D eigenvalue weighted by molar-refractivity contribution is 5.64. The van der Waals surface area contributed by atoms with E-state index in [1.165, 1.54) is 12.8 Å². The summed E-state index contributed by atoms with van der Waals surface area (Å²) in [5.74, 6) is 0.959. The van der Waals surface area contributed by atoms with Crippen LogP contribution in [0.3, 0.4) is 0 Å². The summed E-state index contributed by atoms with van der Waals surface area (Å²) in [6.45, 7) is 5.33. The first-order chi connectivity index (χ1) is 6.68. The van der Waals surface area contributed by atoms with Gasteiger partial charge in [-0.15, -0.1) is 0 Å². The smallest absolute Gasteiger partial charge is 0.152 e. The molecule has 1 aliphatic heterocycles. The predicted molar refractivity (Wildman–Crippen MR) is 59.4 cm³/mol. The van der Waals surface area contributed by atoms with Crippen molar-refractivity contribution < 1.29 is 0 Å². The molecule has 1 atom stereocenters. The fourth-order valence-corrected chi connectivity index (χ4v) is 2.07. The monoisotopic (exact) mass is 191 g/mol. The number of hydrogen-bond donors (Lipinski definition) is 1. The summed E-state index contributed by atoms with van der Waals surface area (Å²) in [7, 11) is 0. The van der Waals surface area contributed by atoms with Crippen molar-refractivity contribution in [2.24, 2.45) is 0 Å². The zero-order valence-electron chi connectivity index (χ0n) is 8.83. The molecular formula is C11H17N3. The van der Waals surface area contributed by atoms with E-state index in [1.807, 2.05) is 19.2 Å². The van der Waals surface area contributed by atoms with Crippen molar-refractivity contribution in [3.63, 3.8) is 0 Å². The van der Waals surface area contributed by atoms with Crippen molar-refractivity contribution in [1.82, 2.24) is 4.98 Å². The van der Waals surface area contributed by atoms with Gasteiger partial charge in [-0.25, -0.2) is 4.98 Å². The quantitative estimate of drug-likeness (QED) is 0.737. The van der Waals surface area contributed by atoms with Gasteiger partial charge in [0.25, 0.3) is 0 Å². The third-order valence-electron chi connectivity index (χ3n) is 2.86. The molecule has 0 aromatic carbocycles. The third-order valence-corrected chi connectivity index (χ3v) is 2.86. The highest BCUT2D eigenvalue weighted by Gasteiger charge is 2.22. The second-order valence-corrected chi connectivity index (χ2v) is 4.11. The van der Waals surface area contributed by atoms with Crippen LogP contribution in [0.1, 0.15) is 25.3 Å². The van der Waals surface area contributed by atoms with Gasteiger partial charge in [0.05, 0.1) is 5.69 Å². The van der Waals surface area contributed by atoms with Crippen LogP contribution in [0.4, 0.5) is 11.5 Å². The first-order valence-electron chi connectivity index (χ1n) is 5.17. The van der Waals surface area contributed by atoms with E-state index in [2.05, 4.69) is 16.8 Å². The molecule has 1 aliphatic rings. The van der Waals surface area contributed by atoms with Gasteiger partial charge in [-0.05, 0) is 38.3 Å². The summed E-state index contributed by atoms with van der Waals surface area (Å²) in [5.41, 5.74) is 7.89. The Hall–Kier alpha value is -1.25. The summed E-state index contributed by atoms with van der Waals surface area (Å²) < 4.78 is 0. The van der Waals surface area contributed by atoms with Gasteiger partial charge >= 0.3 is 0 Å². The average molecular weight is 191 g/mol. The molecule has 14 heavy (non-hydrogen) atoms. The van der Waals surface area contributed by atoms with Gasteiger partial charge in [0.15, 0.2) is 5.82 Å². The zero-order valence-corrected chi connectivity index (χ0v) is 8.83. The molecule has 2 N–H and O–H groups in total. The Kier molecular flexibility index (Phi) is 2.32. The maximum Gasteiger partial charge on any atom is 0.152 e. The fourth-order valence-electron chi connectivity index (χ4n) is 2.07. The van der Waals surface area contributed by atoms with Gasteiger partial charge in [-0.2, -0.15) is 0 Å². The van der Waals surface area contributed by atoms with Gasteiger partial charge in [-0.1, -0.05) is 0 Å². The van der Waals surface area contributed by atoms with Crippen LogP contribution in [0, 0.1) is 6.92 Å². The number of aromatic nitrogens is 1. The Balaban J connectivity index is 2.31. The largest absolute Gasteiger partial charge is 0.396 e. The second-order valence-electron chi connectivity index (χ2n) is 4.11. The van der Waals surface area contributed by atoms with Crippen molar-refractivity contribution in [2.75, 3.05) is 17.2 Å². The highest BCUT2D eigenvalue weighted by atomic mass is 15.2. The van der Waals surface area contributed by atoms with Gasteiger partial charge < -0.3 is 10.6 Å². The maximum absolute atomic E-state index is 5.96. The van der Waals surface area contributed by atoms with E-state index in [0.717, 1.165) is 23.6 Å². The Morgan fingerprint density at radius 1 is 1.57 bits per heavy atom. The van der Waals surface area contributed by atoms with Crippen LogP contribution in [-0.4, -0.2) is 17.6 Å². The fraction of sp³-hybridized carbons (Fsp3) is 0.545. The molecule has 2 rings (SSSR count). The number of aryl methyl sites for hydroxylation is 1. The minimum absolute atomic E-state index is 0.576. The molecular weight excluding hydrogens is 174 g/mol. The highest BCUT2D eigenvalue weighted by Crippen LogP contribution is 2.28. The van der Waals surface area contributed by atoms with E-state index in [9.17, 15) is 0 Å². The van der Waals surface area contributed by atoms with Gasteiger partial charge in [0.2, 0.25) is 0 Å². The van der Waals surface area contributed by atoms with Crippen molar-refractivity contribution in [3.05, 3.63) is 17.8 Å². The summed E-state index contributed by atoms with van der Waals surface area (Å²) in [6.07, 6.45) is 4.38. The van der Waals surface area contributed by atoms with E-state index in [0.29, 0.717) is 6.04 Å². The Labute approximate surface area is 84.9 Å². The number of anilines is 2. The molecule has 0 aliphatic carbocycles. The minimum atomic E-state index is 0.576. The lowest BCUT2D eigenvalue weighted by Crippen LogP contribution is -2.28. The lowest BCUT2D eigenvalue weighted by atomic mass is 10.2. The van der Waals surface area contributed by atoms with Crippen LogP contribution in [0.25, 0.3) is 0 Å². The molecule has 0 amide bonds. The molecule has 1 fully saturated rings. The van der Waals surface area contributed by atoms with E-state index in [1.54, 1.807) is 0 Å². The minimum Gasteiger partial charge on any atom is -0.396 e. The topological polar surface area (TPSA) is 42.2 Å². The van der Waals surface area contributed by atoms with E-state index in [4.69, 9.17) is 5.73 Å². The first kappa shape index (κ1) is 9.31. The van der Waals surface area contributed by atoms with Crippen molar-refractivity contribution >= 4 is 11.5 Å². The molecule has 3 heteroatoms. The molecule has 0 bridgehead atoms. The van der Waals surface area contributed by atoms with Crippen molar-refractivity contribution in [3.8, 4) is 0 Å². The Morgan fingerprint density at radius 2 is 2.36 bits per heavy atom. The van der Waals surface area contributed by atoms with Gasteiger partial charge in [0.1, 0.15) is 0 Å². The normalized spacial score (nSPS) is 21.6. The van der Waals surface area contributed by atoms with Crippen LogP contribution in [-0.2, 0) is 0 Å². The molecule has 1 aromatic rings. The van der Waals surface area contributed by atoms with Crippen molar-refractivity contribution in [2.45, 2.75) is 32.7 Å². The van der Waals surface area contributed by atoms with Crippen LogP contribution in [0.15, 0.2) is 12.3 Å². The lowest BCUT2D eigenvalue weighted by Gasteiger charge is -2.23. The molecule has 0 radical (unpaired) electrons. The average Bonchev–Trinajstić information content (AvgIpc) is 2.52. The van der Waals surface area contributed by atoms with Crippen LogP contribution in [0.5, 0.6) is 0 Å². The molecule has 1 aromatic heterocycles. The summed E-state index contributed by atoms with van der Waals surface area (Å²) >= 11 is 0. The van der Waals surface area contributed by atoms with Gasteiger partial charge in [0, 0.05) is 18.8 Å². The summed E-state index contributed by atoms with van der Waals surface area (Å²) in [5, 5.41) is 0. The summed E-state index contributed by atoms with van der Waals surface area (Å²) in [6, 6.07) is 2.57. The Morgan fingerprint density at radius 3 is 2.93 bits per heavy atom. The lowest BCUT2D eigenvalue weighted by molar-refractivity contribution is 0.728. The molecule has 1 saturated heterocycles. The number of nitrogens with two attached hydrogens (primary N) is 1. The molecule has 76 valence electrons. The standard InChI is InChI=1S/C11H17N3/c1-8-6-10(12)11(13-7-8)14-5-3-4-9(14)2/h6-7,9H,3-5,12H2,1-2H3. The number of nitrogens with zero attached hydrogens (tertiary/aromatic N) is 2. The van der Waals surface area contributed by atoms with Gasteiger partial charge in [-0.3, -0.25) is 0 Å². The molecule has 2 heterocycles. The molecule has 0 spiro atoms. The first-order valence-corrected chi connectivity index (χ1v) is 5.17. The molecule has 3 nitrogen and oxygen atoms in total. The SMILES string of the molecule is Cc1cnc(N2CCCC2C)c(N)c1. The zero-order chi connectivity index (χ0) is 10.1. The third kappa shape index (κ3) is 1.54. The number of rotatable bonds is 1. The van der Waals surface area contributed by atoms with E-state index >= 15 is 0 Å². The number of pyridine rings is 1.